The first-order chi connectivity index (χ1) is 21.2. The molecule has 0 saturated heterocycles. The molecule has 13 nitrogen and oxygen atoms in total. The Morgan fingerprint density at radius 2 is 1.35 bits per heavy atom. The third kappa shape index (κ3) is 9.74. The Morgan fingerprint density at radius 3 is 1.91 bits per heavy atom. The van der Waals surface area contributed by atoms with E-state index in [-0.39, 0.29) is 75.6 Å². The summed E-state index contributed by atoms with van der Waals surface area (Å²) in [6.45, 7) is 0. The Balaban J connectivity index is 0.00000288. The molecule has 0 bridgehead atoms. The molecule has 2 N–H and O–H groups in total. The van der Waals surface area contributed by atoms with Gasteiger partial charge in [-0.25, -0.2) is 8.42 Å². The van der Waals surface area contributed by atoms with E-state index in [2.05, 4.69) is 35.1 Å². The van der Waals surface area contributed by atoms with Crippen LogP contribution in [-0.2, 0) is 19.5 Å². The third-order valence-corrected chi connectivity index (χ3v) is 7.44. The number of amides is 1. The first-order valence-corrected chi connectivity index (χ1v) is 14.6. The molecule has 5 aromatic rings. The molecular weight excluding hydrogens is 656 g/mol. The second-order valence-corrected chi connectivity index (χ2v) is 11.0. The molecule has 0 fully saturated rings. The van der Waals surface area contributed by atoms with Gasteiger partial charge in [-0.1, -0.05) is 18.2 Å². The van der Waals surface area contributed by atoms with Crippen LogP contribution in [0.2, 0.25) is 0 Å². The summed E-state index contributed by atoms with van der Waals surface area (Å²) < 4.78 is 40.6. The summed E-state index contributed by atoms with van der Waals surface area (Å²) in [7, 11) is -5.09. The number of carbonyl (C=O) groups excluding carboxylic acids is 1. The van der Waals surface area contributed by atoms with Gasteiger partial charge in [0, 0.05) is 21.5 Å². The molecule has 0 atom stereocenters. The predicted octanol–water partition coefficient (Wildman–Crippen LogP) is 0.771. The smallest absolute Gasteiger partial charge is 0.744 e. The van der Waals surface area contributed by atoms with E-state index in [0.717, 1.165) is 18.1 Å². The maximum Gasteiger partial charge on any atom is 1.00 e. The van der Waals surface area contributed by atoms with Gasteiger partial charge in [-0.15, -0.1) is 5.11 Å². The first kappa shape index (κ1) is 37.4. The van der Waals surface area contributed by atoms with E-state index in [4.69, 9.17) is 0 Å². The number of phenolic OH excluding ortho intramolecular Hbond substituents is 1. The summed E-state index contributed by atoms with van der Waals surface area (Å²) >= 11 is 0.747. The number of phenols is 1. The molecule has 0 aliphatic rings. The number of anilines is 1. The number of nitrogens with zero attached hydrogens (tertiary/aromatic N) is 4. The van der Waals surface area contributed by atoms with Gasteiger partial charge in [0.1, 0.15) is 15.8 Å². The molecule has 0 saturated carbocycles. The van der Waals surface area contributed by atoms with Crippen molar-refractivity contribution in [3.8, 4) is 5.75 Å². The topological polar surface area (TPSA) is 197 Å². The zero-order valence-corrected chi connectivity index (χ0v) is 29.9. The van der Waals surface area contributed by atoms with E-state index in [0.29, 0.717) is 27.5 Å². The second-order valence-electron chi connectivity index (χ2n) is 8.91. The minimum atomic E-state index is -5.09. The van der Waals surface area contributed by atoms with Gasteiger partial charge in [0.15, 0.2) is 5.75 Å². The van der Waals surface area contributed by atoms with Crippen LogP contribution in [0.15, 0.2) is 133 Å². The average Bonchev–Trinajstić information content (AvgIpc) is 3.03. The van der Waals surface area contributed by atoms with Crippen LogP contribution in [0.3, 0.4) is 0 Å². The number of fused-ring (bicyclic) bond motifs is 1. The number of hydrogen-bond acceptors (Lipinski definition) is 13. The second kappa shape index (κ2) is 17.2. The van der Waals surface area contributed by atoms with E-state index in [1.807, 2.05) is 0 Å². The first-order valence-electron chi connectivity index (χ1n) is 12.5. The minimum absolute atomic E-state index is 0. The zero-order chi connectivity index (χ0) is 31.1. The van der Waals surface area contributed by atoms with Crippen LogP contribution in [0.4, 0.5) is 28.4 Å². The quantitative estimate of drug-likeness (QED) is 0.0536. The van der Waals surface area contributed by atoms with Crippen LogP contribution < -0.4 is 69.7 Å². The van der Waals surface area contributed by atoms with Gasteiger partial charge in [-0.2, -0.15) is 19.7 Å². The molecule has 1 amide bonds. The number of azo groups is 2. The molecule has 0 radical (unpaired) electrons. The Kier molecular flexibility index (Phi) is 14.0. The molecule has 17 heteroatoms. The van der Waals surface area contributed by atoms with Gasteiger partial charge < -0.3 is 20.2 Å². The Bertz CT molecular complexity index is 1980. The van der Waals surface area contributed by atoms with E-state index < -0.39 is 32.4 Å². The number of rotatable bonds is 10. The van der Waals surface area contributed by atoms with Crippen LogP contribution >= 0.6 is 12.0 Å². The fourth-order valence-corrected chi connectivity index (χ4v) is 4.94. The number of nitrogens with one attached hydrogen (secondary N) is 1. The van der Waals surface area contributed by atoms with E-state index >= 15 is 0 Å². The molecule has 0 spiro atoms. The molecule has 0 unspecified atom stereocenters. The number of carbonyl (C=O) groups is 1. The molecule has 0 aliphatic heterocycles. The van der Waals surface area contributed by atoms with Gasteiger partial charge in [0.05, 0.1) is 34.0 Å². The average molecular weight is 676 g/mol. The fraction of sp³-hybridized carbons (Fsp3) is 0. The Morgan fingerprint density at radius 1 is 0.783 bits per heavy atom. The fourth-order valence-electron chi connectivity index (χ4n) is 3.94. The summed E-state index contributed by atoms with van der Waals surface area (Å²) in [5, 5.41) is 43.3. The van der Waals surface area contributed by atoms with Crippen molar-refractivity contribution >= 4 is 67.3 Å². The minimum Gasteiger partial charge on any atom is -0.744 e. The molecule has 0 aliphatic carbocycles. The van der Waals surface area contributed by atoms with Crippen molar-refractivity contribution in [3.63, 3.8) is 0 Å². The Hall–Kier alpha value is -3.03. The largest absolute Gasteiger partial charge is 1.00 e. The van der Waals surface area contributed by atoms with Gasteiger partial charge in [0.25, 0.3) is 5.91 Å². The maximum absolute atomic E-state index is 12.5. The van der Waals surface area contributed by atoms with E-state index in [9.17, 15) is 28.1 Å². The standard InChI is InChI=1S/C29H21N5O8S2.2Na/c35-28-25-15-12-23(30-29(36)18-4-2-1-3-5-18)16-19(25)17-26(44(38,39)40)27(28)34-33-21-8-6-20(7-9-21)31-32-22-10-13-24(14-11-22)43-42-41-37;;/h1-17,35,37H,(H,30,36)(H,38,39,40);;/q;2*+1/p-2. The van der Waals surface area contributed by atoms with Crippen molar-refractivity contribution in [2.45, 2.75) is 9.79 Å². The summed E-state index contributed by atoms with van der Waals surface area (Å²) in [6, 6.07) is 26.8. The van der Waals surface area contributed by atoms with E-state index in [1.54, 1.807) is 66.7 Å². The summed E-state index contributed by atoms with van der Waals surface area (Å²) in [6.07, 6.45) is 0. The van der Waals surface area contributed by atoms with Crippen molar-refractivity contribution in [3.05, 3.63) is 109 Å². The van der Waals surface area contributed by atoms with Gasteiger partial charge in [0.2, 0.25) is 0 Å². The normalized spacial score (nSPS) is 11.3. The molecule has 5 rings (SSSR count). The van der Waals surface area contributed by atoms with Crippen molar-refractivity contribution in [2.24, 2.45) is 20.5 Å². The summed E-state index contributed by atoms with van der Waals surface area (Å²) in [4.78, 5) is 12.4. The van der Waals surface area contributed by atoms with Gasteiger partial charge in [-0.05, 0) is 90.3 Å². The SMILES string of the molecule is O=C(Nc1ccc2c(O)c(N=Nc3ccc(N=Nc4ccc(SOO[O-])cc4)cc3)c(S(=O)(=O)[O-])cc2c1)c1ccccc1.[Na+].[Na+]. The van der Waals surface area contributed by atoms with Crippen LogP contribution in [0.5, 0.6) is 5.75 Å². The van der Waals surface area contributed by atoms with E-state index in [1.165, 1.54) is 30.3 Å². The molecule has 222 valence electrons. The van der Waals surface area contributed by atoms with Crippen LogP contribution in [0.25, 0.3) is 10.8 Å². The van der Waals surface area contributed by atoms with Crippen molar-refractivity contribution in [2.75, 3.05) is 5.32 Å². The number of aromatic hydroxyl groups is 1. The number of benzene rings is 5. The molecule has 0 aromatic heterocycles. The third-order valence-electron chi connectivity index (χ3n) is 6.01. The monoisotopic (exact) mass is 675 g/mol. The molecule has 0 heterocycles. The van der Waals surface area contributed by atoms with Crippen molar-refractivity contribution in [1.82, 2.24) is 0 Å². The Labute approximate surface area is 311 Å². The molecule has 46 heavy (non-hydrogen) atoms. The summed E-state index contributed by atoms with van der Waals surface area (Å²) in [5.41, 5.74) is 1.49. The zero-order valence-electron chi connectivity index (χ0n) is 24.2. The van der Waals surface area contributed by atoms with Crippen LogP contribution in [0.1, 0.15) is 10.4 Å². The number of hydrogen-bond donors (Lipinski definition) is 2. The van der Waals surface area contributed by atoms with Crippen LogP contribution in [-0.4, -0.2) is 24.0 Å². The predicted molar refractivity (Wildman–Crippen MR) is 157 cm³/mol. The molecular formula is C29H19N5Na2O8S2. The molecule has 5 aromatic carbocycles. The van der Waals surface area contributed by atoms with Crippen LogP contribution in [0, 0.1) is 0 Å². The summed E-state index contributed by atoms with van der Waals surface area (Å²) in [5.74, 6) is -0.958. The van der Waals surface area contributed by atoms with Crippen molar-refractivity contribution in [1.29, 1.82) is 0 Å². The maximum atomic E-state index is 12.5. The van der Waals surface area contributed by atoms with Crippen molar-refractivity contribution < 1.29 is 96.6 Å². The van der Waals surface area contributed by atoms with Gasteiger partial charge in [-0.3, -0.25) is 9.83 Å². The van der Waals surface area contributed by atoms with Gasteiger partial charge >= 0.3 is 59.1 Å².